The third-order valence-corrected chi connectivity index (χ3v) is 7.19. The number of carbonyl (C=O) groups excluding carboxylic acids is 3. The molecule has 41 heavy (non-hydrogen) atoms. The Bertz CT molecular complexity index is 1310. The van der Waals surface area contributed by atoms with Gasteiger partial charge in [-0.25, -0.2) is 0 Å². The summed E-state index contributed by atoms with van der Waals surface area (Å²) in [6.45, 7) is 5.83. The Balaban J connectivity index is 1.42. The van der Waals surface area contributed by atoms with Crippen LogP contribution in [0.4, 0.5) is 5.69 Å². The topological polar surface area (TPSA) is 115 Å². The Hall–Kier alpha value is -4.24. The minimum absolute atomic E-state index is 0.0338. The number of nitrogens with one attached hydrogen (secondary N) is 4. The third-order valence-electron chi connectivity index (χ3n) is 7.19. The van der Waals surface area contributed by atoms with Gasteiger partial charge in [0.2, 0.25) is 5.91 Å². The second kappa shape index (κ2) is 14.4. The van der Waals surface area contributed by atoms with Gasteiger partial charge in [-0.15, -0.1) is 0 Å². The van der Waals surface area contributed by atoms with Crippen LogP contribution in [0.25, 0.3) is 0 Å². The maximum absolute atomic E-state index is 13.3. The molecule has 4 N–H and O–H groups in total. The molecule has 9 heteroatoms. The SMILES string of the molecule is CC(NCCNC(=O)c1cc(C(=O)NC(C)c2cccnc2)cc(N(C)Cc2ccccc2)c1)C(=O)NCC1CC1. The number of carbonyl (C=O) groups is 3. The van der Waals surface area contributed by atoms with Crippen molar-refractivity contribution in [3.63, 3.8) is 0 Å². The molecule has 0 bridgehead atoms. The normalized spacial score (nSPS) is 14.0. The van der Waals surface area contributed by atoms with Crippen molar-refractivity contribution in [2.24, 2.45) is 5.92 Å². The van der Waals surface area contributed by atoms with Gasteiger partial charge in [0.25, 0.3) is 11.8 Å². The van der Waals surface area contributed by atoms with Gasteiger partial charge in [-0.3, -0.25) is 19.4 Å². The predicted octanol–water partition coefficient (Wildman–Crippen LogP) is 3.44. The Morgan fingerprint density at radius 3 is 2.34 bits per heavy atom. The van der Waals surface area contributed by atoms with Crippen LogP contribution in [0.5, 0.6) is 0 Å². The number of hydrogen-bond acceptors (Lipinski definition) is 6. The van der Waals surface area contributed by atoms with E-state index in [2.05, 4.69) is 26.3 Å². The summed E-state index contributed by atoms with van der Waals surface area (Å²) < 4.78 is 0. The van der Waals surface area contributed by atoms with Gasteiger partial charge >= 0.3 is 0 Å². The van der Waals surface area contributed by atoms with Crippen molar-refractivity contribution in [3.8, 4) is 0 Å². The molecule has 1 aliphatic carbocycles. The first-order valence-electron chi connectivity index (χ1n) is 14.2. The minimum Gasteiger partial charge on any atom is -0.370 e. The quantitative estimate of drug-likeness (QED) is 0.226. The zero-order chi connectivity index (χ0) is 29.2. The van der Waals surface area contributed by atoms with Gasteiger partial charge < -0.3 is 26.2 Å². The fourth-order valence-corrected chi connectivity index (χ4v) is 4.42. The van der Waals surface area contributed by atoms with E-state index in [1.807, 2.05) is 68.3 Å². The first-order chi connectivity index (χ1) is 19.8. The number of anilines is 1. The lowest BCUT2D eigenvalue weighted by molar-refractivity contribution is -0.122. The van der Waals surface area contributed by atoms with Crippen molar-refractivity contribution >= 4 is 23.4 Å². The van der Waals surface area contributed by atoms with Crippen LogP contribution in [-0.4, -0.2) is 55.4 Å². The van der Waals surface area contributed by atoms with Crippen molar-refractivity contribution in [2.45, 2.75) is 45.3 Å². The van der Waals surface area contributed by atoms with E-state index in [0.717, 1.165) is 23.4 Å². The average Bonchev–Trinajstić information content (AvgIpc) is 3.83. The molecular weight excluding hydrogens is 516 g/mol. The fraction of sp³-hybridized carbons (Fsp3) is 0.375. The van der Waals surface area contributed by atoms with Crippen molar-refractivity contribution in [1.82, 2.24) is 26.3 Å². The summed E-state index contributed by atoms with van der Waals surface area (Å²) in [6.07, 6.45) is 5.78. The van der Waals surface area contributed by atoms with Crippen molar-refractivity contribution in [3.05, 3.63) is 95.3 Å². The molecule has 9 nitrogen and oxygen atoms in total. The highest BCUT2D eigenvalue weighted by Crippen LogP contribution is 2.27. The van der Waals surface area contributed by atoms with Crippen LogP contribution in [0.2, 0.25) is 0 Å². The number of hydrogen-bond donors (Lipinski definition) is 4. The van der Waals surface area contributed by atoms with Gasteiger partial charge in [-0.1, -0.05) is 36.4 Å². The van der Waals surface area contributed by atoms with Gasteiger partial charge in [-0.2, -0.15) is 0 Å². The van der Waals surface area contributed by atoms with Crippen molar-refractivity contribution in [1.29, 1.82) is 0 Å². The molecule has 1 aliphatic rings. The maximum Gasteiger partial charge on any atom is 0.251 e. The molecule has 1 fully saturated rings. The van der Waals surface area contributed by atoms with E-state index >= 15 is 0 Å². The van der Waals surface area contributed by atoms with E-state index in [1.165, 1.54) is 12.8 Å². The van der Waals surface area contributed by atoms with Crippen molar-refractivity contribution < 1.29 is 14.4 Å². The van der Waals surface area contributed by atoms with Crippen molar-refractivity contribution in [2.75, 3.05) is 31.6 Å². The predicted molar refractivity (Wildman–Crippen MR) is 161 cm³/mol. The molecule has 4 rings (SSSR count). The Labute approximate surface area is 242 Å². The summed E-state index contributed by atoms with van der Waals surface area (Å²) in [7, 11) is 1.93. The Morgan fingerprint density at radius 1 is 0.927 bits per heavy atom. The van der Waals surface area contributed by atoms with Gasteiger partial charge in [0.05, 0.1) is 12.1 Å². The van der Waals surface area contributed by atoms with Gasteiger partial charge in [-0.05, 0) is 68.0 Å². The molecule has 1 saturated carbocycles. The molecule has 216 valence electrons. The molecule has 0 aliphatic heterocycles. The first kappa shape index (κ1) is 29.7. The molecule has 0 radical (unpaired) electrons. The second-order valence-electron chi connectivity index (χ2n) is 10.7. The third kappa shape index (κ3) is 9.14. The number of amides is 3. The van der Waals surface area contributed by atoms with E-state index in [9.17, 15) is 14.4 Å². The monoisotopic (exact) mass is 556 g/mol. The summed E-state index contributed by atoms with van der Waals surface area (Å²) in [4.78, 5) is 44.9. The number of benzene rings is 2. The zero-order valence-corrected chi connectivity index (χ0v) is 24.0. The molecule has 2 aromatic carbocycles. The van der Waals surface area contributed by atoms with E-state index < -0.39 is 0 Å². The number of nitrogens with zero attached hydrogens (tertiary/aromatic N) is 2. The smallest absolute Gasteiger partial charge is 0.251 e. The number of aromatic nitrogens is 1. The molecule has 1 aromatic heterocycles. The largest absolute Gasteiger partial charge is 0.370 e. The van der Waals surface area contributed by atoms with E-state index in [1.54, 1.807) is 30.6 Å². The number of pyridine rings is 1. The van der Waals surface area contributed by atoms with Gasteiger partial charge in [0.1, 0.15) is 0 Å². The van der Waals surface area contributed by atoms with Crippen LogP contribution in [0.15, 0.2) is 73.1 Å². The molecule has 3 amide bonds. The highest BCUT2D eigenvalue weighted by atomic mass is 16.2. The lowest BCUT2D eigenvalue weighted by Gasteiger charge is -2.22. The summed E-state index contributed by atoms with van der Waals surface area (Å²) in [5.41, 5.74) is 3.53. The maximum atomic E-state index is 13.3. The lowest BCUT2D eigenvalue weighted by atomic mass is 10.1. The average molecular weight is 557 g/mol. The van der Waals surface area contributed by atoms with Gasteiger partial charge in [0, 0.05) is 62.4 Å². The first-order valence-corrected chi connectivity index (χ1v) is 14.2. The van der Waals surface area contributed by atoms with Crippen LogP contribution in [0.1, 0.15) is 64.6 Å². The number of rotatable bonds is 14. The fourth-order valence-electron chi connectivity index (χ4n) is 4.42. The van der Waals surface area contributed by atoms with Crippen LogP contribution in [0, 0.1) is 5.92 Å². The summed E-state index contributed by atoms with van der Waals surface area (Å²) >= 11 is 0. The Kier molecular flexibility index (Phi) is 10.5. The second-order valence-corrected chi connectivity index (χ2v) is 10.7. The zero-order valence-electron chi connectivity index (χ0n) is 24.0. The van der Waals surface area contributed by atoms with Gasteiger partial charge in [0.15, 0.2) is 0 Å². The highest BCUT2D eigenvalue weighted by Gasteiger charge is 2.23. The standard InChI is InChI=1S/C32H40N6O3/c1-22(26-10-7-13-33-20-26)37-32(41)28-16-27(17-29(18-28)38(3)21-25-8-5-4-6-9-25)31(40)35-15-14-34-23(2)30(39)36-19-24-11-12-24/h4-10,13,16-18,20,22-24,34H,11-12,14-15,19,21H2,1-3H3,(H,35,40)(H,36,39)(H,37,41). The lowest BCUT2D eigenvalue weighted by Crippen LogP contribution is -2.45. The van der Waals surface area contributed by atoms with E-state index in [-0.39, 0.29) is 29.8 Å². The molecule has 1 heterocycles. The molecule has 0 spiro atoms. The van der Waals surface area contributed by atoms with Crippen LogP contribution in [0.3, 0.4) is 0 Å². The van der Waals surface area contributed by atoms with E-state index in [4.69, 9.17) is 0 Å². The van der Waals surface area contributed by atoms with Crippen LogP contribution >= 0.6 is 0 Å². The summed E-state index contributed by atoms with van der Waals surface area (Å²) in [5, 5.41) is 12.0. The highest BCUT2D eigenvalue weighted by molar-refractivity contribution is 6.01. The molecular formula is C32H40N6O3. The van der Waals surface area contributed by atoms with E-state index in [0.29, 0.717) is 36.7 Å². The van der Waals surface area contributed by atoms with Crippen LogP contribution < -0.4 is 26.2 Å². The molecule has 2 unspecified atom stereocenters. The molecule has 0 saturated heterocycles. The molecule has 2 atom stereocenters. The Morgan fingerprint density at radius 2 is 1.66 bits per heavy atom. The molecule has 3 aromatic rings. The minimum atomic E-state index is -0.349. The van der Waals surface area contributed by atoms with Crippen LogP contribution in [-0.2, 0) is 11.3 Å². The summed E-state index contributed by atoms with van der Waals surface area (Å²) in [6, 6.07) is 18.4. The summed E-state index contributed by atoms with van der Waals surface area (Å²) in [5.74, 6) is 0.0204.